The first kappa shape index (κ1) is 14.6. The average Bonchev–Trinajstić information content (AvgIpc) is 2.55. The van der Waals surface area contributed by atoms with Crippen LogP contribution in [0.5, 0.6) is 0 Å². The van der Waals surface area contributed by atoms with Gasteiger partial charge in [0, 0.05) is 17.1 Å². The van der Waals surface area contributed by atoms with Crippen molar-refractivity contribution in [2.75, 3.05) is 6.54 Å². The summed E-state index contributed by atoms with van der Waals surface area (Å²) in [6, 6.07) is 21.5. The SMILES string of the molecule is O=C(NCCc1cccc2ccccc12)c1cccc(Cl)c1. The van der Waals surface area contributed by atoms with Gasteiger partial charge in [0.2, 0.25) is 0 Å². The maximum Gasteiger partial charge on any atom is 0.251 e. The van der Waals surface area contributed by atoms with E-state index in [9.17, 15) is 4.79 Å². The standard InChI is InChI=1S/C19H16ClNO/c20-17-9-4-8-16(13-17)19(22)21-12-11-15-7-3-6-14-5-1-2-10-18(14)15/h1-10,13H,11-12H2,(H,21,22). The summed E-state index contributed by atoms with van der Waals surface area (Å²) in [6.07, 6.45) is 0.799. The Balaban J connectivity index is 1.66. The summed E-state index contributed by atoms with van der Waals surface area (Å²) >= 11 is 5.90. The molecule has 3 rings (SSSR count). The van der Waals surface area contributed by atoms with E-state index in [4.69, 9.17) is 11.6 Å². The Morgan fingerprint density at radius 3 is 2.59 bits per heavy atom. The van der Waals surface area contributed by atoms with Gasteiger partial charge in [-0.15, -0.1) is 0 Å². The van der Waals surface area contributed by atoms with Crippen LogP contribution in [0.3, 0.4) is 0 Å². The quantitative estimate of drug-likeness (QED) is 0.757. The highest BCUT2D eigenvalue weighted by Crippen LogP contribution is 2.18. The van der Waals surface area contributed by atoms with Crippen molar-refractivity contribution in [1.29, 1.82) is 0 Å². The van der Waals surface area contributed by atoms with E-state index in [1.807, 2.05) is 12.1 Å². The van der Waals surface area contributed by atoms with Crippen molar-refractivity contribution in [3.8, 4) is 0 Å². The molecule has 0 saturated carbocycles. The molecule has 0 fully saturated rings. The van der Waals surface area contributed by atoms with E-state index in [1.54, 1.807) is 24.3 Å². The molecule has 0 spiro atoms. The van der Waals surface area contributed by atoms with Gasteiger partial charge in [-0.3, -0.25) is 4.79 Å². The topological polar surface area (TPSA) is 29.1 Å². The molecular weight excluding hydrogens is 294 g/mol. The van der Waals surface area contributed by atoms with E-state index in [2.05, 4.69) is 35.6 Å². The highest BCUT2D eigenvalue weighted by atomic mass is 35.5. The molecule has 3 aromatic rings. The summed E-state index contributed by atoms with van der Waals surface area (Å²) in [6.45, 7) is 0.597. The lowest BCUT2D eigenvalue weighted by Crippen LogP contribution is -2.25. The van der Waals surface area contributed by atoms with E-state index >= 15 is 0 Å². The number of hydrogen-bond acceptors (Lipinski definition) is 1. The number of hydrogen-bond donors (Lipinski definition) is 1. The highest BCUT2D eigenvalue weighted by Gasteiger charge is 2.06. The number of fused-ring (bicyclic) bond motifs is 1. The lowest BCUT2D eigenvalue weighted by molar-refractivity contribution is 0.0954. The third-order valence-electron chi connectivity index (χ3n) is 3.65. The smallest absolute Gasteiger partial charge is 0.251 e. The summed E-state index contributed by atoms with van der Waals surface area (Å²) in [7, 11) is 0. The zero-order valence-electron chi connectivity index (χ0n) is 12.1. The Bertz CT molecular complexity index is 808. The highest BCUT2D eigenvalue weighted by molar-refractivity contribution is 6.30. The monoisotopic (exact) mass is 309 g/mol. The molecule has 0 heterocycles. The second kappa shape index (κ2) is 6.63. The number of amides is 1. The molecule has 0 unspecified atom stereocenters. The number of halogens is 1. The molecule has 22 heavy (non-hydrogen) atoms. The fraction of sp³-hybridized carbons (Fsp3) is 0.105. The number of carbonyl (C=O) groups is 1. The predicted octanol–water partition coefficient (Wildman–Crippen LogP) is 4.47. The Morgan fingerprint density at radius 2 is 1.73 bits per heavy atom. The molecule has 0 aliphatic rings. The van der Waals surface area contributed by atoms with Crippen molar-refractivity contribution in [3.63, 3.8) is 0 Å². The van der Waals surface area contributed by atoms with Crippen LogP contribution in [-0.2, 0) is 6.42 Å². The van der Waals surface area contributed by atoms with Crippen LogP contribution in [0.15, 0.2) is 66.7 Å². The molecule has 1 N–H and O–H groups in total. The van der Waals surface area contributed by atoms with Gasteiger partial charge in [0.15, 0.2) is 0 Å². The van der Waals surface area contributed by atoms with Crippen molar-refractivity contribution in [2.45, 2.75) is 6.42 Å². The molecule has 1 amide bonds. The maximum atomic E-state index is 12.1. The van der Waals surface area contributed by atoms with Crippen molar-refractivity contribution >= 4 is 28.3 Å². The van der Waals surface area contributed by atoms with Gasteiger partial charge in [-0.05, 0) is 41.0 Å². The Morgan fingerprint density at radius 1 is 0.955 bits per heavy atom. The summed E-state index contributed by atoms with van der Waals surface area (Å²) in [4.78, 5) is 12.1. The van der Waals surface area contributed by atoms with Crippen LogP contribution in [0.4, 0.5) is 0 Å². The lowest BCUT2D eigenvalue weighted by Gasteiger charge is -2.08. The minimum Gasteiger partial charge on any atom is -0.352 e. The number of carbonyl (C=O) groups excluding carboxylic acids is 1. The summed E-state index contributed by atoms with van der Waals surface area (Å²) < 4.78 is 0. The molecule has 0 bridgehead atoms. The van der Waals surface area contributed by atoms with E-state index in [0.717, 1.165) is 6.42 Å². The average molecular weight is 310 g/mol. The van der Waals surface area contributed by atoms with Crippen LogP contribution in [0.1, 0.15) is 15.9 Å². The van der Waals surface area contributed by atoms with Crippen molar-refractivity contribution in [2.24, 2.45) is 0 Å². The molecule has 0 aliphatic heterocycles. The first-order valence-corrected chi connectivity index (χ1v) is 7.62. The van der Waals surface area contributed by atoms with Crippen LogP contribution in [-0.4, -0.2) is 12.5 Å². The Labute approximate surface area is 134 Å². The summed E-state index contributed by atoms with van der Waals surface area (Å²) in [5, 5.41) is 5.97. The maximum absolute atomic E-state index is 12.1. The third kappa shape index (κ3) is 3.29. The third-order valence-corrected chi connectivity index (χ3v) is 3.88. The molecule has 0 aliphatic carbocycles. The number of rotatable bonds is 4. The van der Waals surface area contributed by atoms with Crippen LogP contribution in [0.25, 0.3) is 10.8 Å². The van der Waals surface area contributed by atoms with E-state index < -0.39 is 0 Å². The molecule has 3 heteroatoms. The molecule has 0 radical (unpaired) electrons. The van der Waals surface area contributed by atoms with Gasteiger partial charge >= 0.3 is 0 Å². The van der Waals surface area contributed by atoms with Gasteiger partial charge in [0.1, 0.15) is 0 Å². The van der Waals surface area contributed by atoms with Gasteiger partial charge in [0.25, 0.3) is 5.91 Å². The van der Waals surface area contributed by atoms with Crippen molar-refractivity contribution in [1.82, 2.24) is 5.32 Å². The number of benzene rings is 3. The zero-order chi connectivity index (χ0) is 15.4. The van der Waals surface area contributed by atoms with Gasteiger partial charge < -0.3 is 5.32 Å². The Kier molecular flexibility index (Phi) is 4.40. The van der Waals surface area contributed by atoms with Crippen molar-refractivity contribution in [3.05, 3.63) is 82.9 Å². The molecule has 0 atom stereocenters. The van der Waals surface area contributed by atoms with E-state index in [-0.39, 0.29) is 5.91 Å². The summed E-state index contributed by atoms with van der Waals surface area (Å²) in [5.74, 6) is -0.0947. The zero-order valence-corrected chi connectivity index (χ0v) is 12.8. The fourth-order valence-electron chi connectivity index (χ4n) is 2.55. The Hall–Kier alpha value is -2.32. The van der Waals surface area contributed by atoms with Gasteiger partial charge in [-0.1, -0.05) is 60.1 Å². The van der Waals surface area contributed by atoms with Gasteiger partial charge in [-0.2, -0.15) is 0 Å². The minimum absolute atomic E-state index is 0.0947. The predicted molar refractivity (Wildman–Crippen MR) is 91.4 cm³/mol. The minimum atomic E-state index is -0.0947. The molecular formula is C19H16ClNO. The van der Waals surface area contributed by atoms with E-state index in [0.29, 0.717) is 17.1 Å². The second-order valence-electron chi connectivity index (χ2n) is 5.15. The normalized spacial score (nSPS) is 10.6. The largest absolute Gasteiger partial charge is 0.352 e. The molecule has 2 nitrogen and oxygen atoms in total. The van der Waals surface area contributed by atoms with E-state index in [1.165, 1.54) is 16.3 Å². The van der Waals surface area contributed by atoms with Gasteiger partial charge in [-0.25, -0.2) is 0 Å². The van der Waals surface area contributed by atoms with Crippen LogP contribution >= 0.6 is 11.6 Å². The van der Waals surface area contributed by atoms with Gasteiger partial charge in [0.05, 0.1) is 0 Å². The molecule has 0 aromatic heterocycles. The second-order valence-corrected chi connectivity index (χ2v) is 5.59. The molecule has 0 saturated heterocycles. The van der Waals surface area contributed by atoms with Crippen LogP contribution in [0, 0.1) is 0 Å². The van der Waals surface area contributed by atoms with Crippen LogP contribution in [0.2, 0.25) is 5.02 Å². The molecule has 110 valence electrons. The number of nitrogens with one attached hydrogen (secondary N) is 1. The molecule has 3 aromatic carbocycles. The first-order chi connectivity index (χ1) is 10.7. The van der Waals surface area contributed by atoms with Crippen molar-refractivity contribution < 1.29 is 4.79 Å². The van der Waals surface area contributed by atoms with Crippen LogP contribution < -0.4 is 5.32 Å². The summed E-state index contributed by atoms with van der Waals surface area (Å²) in [5.41, 5.74) is 1.83. The first-order valence-electron chi connectivity index (χ1n) is 7.24. The fourth-order valence-corrected chi connectivity index (χ4v) is 2.74. The lowest BCUT2D eigenvalue weighted by atomic mass is 10.0.